The third-order valence-electron chi connectivity index (χ3n) is 6.68. The largest absolute Gasteiger partial charge is 0.497 e. The first-order chi connectivity index (χ1) is 16.9. The number of hydrogen-bond acceptors (Lipinski definition) is 4. The second-order valence-electron chi connectivity index (χ2n) is 8.65. The van der Waals surface area contributed by atoms with Gasteiger partial charge in [-0.05, 0) is 36.8 Å². The number of anilines is 1. The number of fused-ring (bicyclic) bond motifs is 2. The minimum Gasteiger partial charge on any atom is -0.497 e. The summed E-state index contributed by atoms with van der Waals surface area (Å²) in [6.07, 6.45) is 2.05. The molecule has 0 spiro atoms. The average Bonchev–Trinajstić information content (AvgIpc) is 3.37. The van der Waals surface area contributed by atoms with E-state index in [2.05, 4.69) is 22.0 Å². The van der Waals surface area contributed by atoms with Crippen LogP contribution in [0.1, 0.15) is 34.5 Å². The zero-order valence-electron chi connectivity index (χ0n) is 20.1. The highest BCUT2D eigenvalue weighted by atomic mass is 16.5. The topological polar surface area (TPSA) is 72.8 Å². The predicted molar refractivity (Wildman–Crippen MR) is 135 cm³/mol. The molecule has 0 bridgehead atoms. The molecule has 0 saturated carbocycles. The van der Waals surface area contributed by atoms with Gasteiger partial charge in [0.25, 0.3) is 5.91 Å². The molecule has 7 heteroatoms. The van der Waals surface area contributed by atoms with Crippen LogP contribution < -0.4 is 14.8 Å². The zero-order valence-corrected chi connectivity index (χ0v) is 20.1. The van der Waals surface area contributed by atoms with E-state index in [0.717, 1.165) is 22.0 Å². The van der Waals surface area contributed by atoms with Gasteiger partial charge in [-0.15, -0.1) is 0 Å². The van der Waals surface area contributed by atoms with Crippen molar-refractivity contribution in [2.24, 2.45) is 7.05 Å². The van der Waals surface area contributed by atoms with Crippen molar-refractivity contribution in [2.75, 3.05) is 19.5 Å². The maximum absolute atomic E-state index is 13.6. The Bertz CT molecular complexity index is 1440. The molecule has 0 aliphatic carbocycles. The van der Waals surface area contributed by atoms with Crippen LogP contribution in [0.4, 0.5) is 5.69 Å². The number of para-hydroxylation sites is 1. The summed E-state index contributed by atoms with van der Waals surface area (Å²) >= 11 is 0. The summed E-state index contributed by atoms with van der Waals surface area (Å²) in [5.41, 5.74) is 4.04. The first-order valence-electron chi connectivity index (χ1n) is 11.4. The van der Waals surface area contributed by atoms with Gasteiger partial charge in [-0.2, -0.15) is 0 Å². The first-order valence-corrected chi connectivity index (χ1v) is 11.4. The maximum atomic E-state index is 13.6. The van der Waals surface area contributed by atoms with Gasteiger partial charge < -0.3 is 24.3 Å². The van der Waals surface area contributed by atoms with Crippen molar-refractivity contribution in [3.8, 4) is 11.5 Å². The lowest BCUT2D eigenvalue weighted by Crippen LogP contribution is -2.44. The summed E-state index contributed by atoms with van der Waals surface area (Å²) in [6, 6.07) is 19.7. The molecule has 3 aromatic carbocycles. The third-order valence-corrected chi connectivity index (χ3v) is 6.68. The second kappa shape index (κ2) is 8.83. The predicted octanol–water partition coefficient (Wildman–Crippen LogP) is 4.77. The first kappa shape index (κ1) is 22.5. The van der Waals surface area contributed by atoms with Crippen LogP contribution in [0, 0.1) is 0 Å². The quantitative estimate of drug-likeness (QED) is 0.442. The van der Waals surface area contributed by atoms with Gasteiger partial charge in [-0.25, -0.2) is 0 Å². The van der Waals surface area contributed by atoms with Crippen molar-refractivity contribution in [3.63, 3.8) is 0 Å². The molecular formula is C28H27N3O4. The van der Waals surface area contributed by atoms with Crippen LogP contribution in [0.3, 0.4) is 0 Å². The molecule has 2 amide bonds. The molecule has 4 aromatic rings. The Labute approximate surface area is 203 Å². The second-order valence-corrected chi connectivity index (χ2v) is 8.65. The number of benzene rings is 3. The molecule has 1 aliphatic heterocycles. The molecule has 1 aromatic heterocycles. The van der Waals surface area contributed by atoms with E-state index < -0.39 is 12.1 Å². The van der Waals surface area contributed by atoms with E-state index in [1.54, 1.807) is 37.1 Å². The fourth-order valence-corrected chi connectivity index (χ4v) is 4.92. The van der Waals surface area contributed by atoms with Crippen molar-refractivity contribution < 1.29 is 19.1 Å². The molecule has 0 radical (unpaired) electrons. The van der Waals surface area contributed by atoms with Gasteiger partial charge in [-0.3, -0.25) is 9.59 Å². The van der Waals surface area contributed by atoms with Gasteiger partial charge in [0.15, 0.2) is 0 Å². The lowest BCUT2D eigenvalue weighted by Gasteiger charge is -2.30. The molecule has 1 N–H and O–H groups in total. The van der Waals surface area contributed by atoms with E-state index in [9.17, 15) is 9.59 Å². The summed E-state index contributed by atoms with van der Waals surface area (Å²) in [4.78, 5) is 28.8. The molecule has 178 valence electrons. The molecule has 2 heterocycles. The summed E-state index contributed by atoms with van der Waals surface area (Å²) in [5.74, 6) is 0.613. The van der Waals surface area contributed by atoms with Crippen LogP contribution in [-0.4, -0.2) is 41.5 Å². The molecule has 7 nitrogen and oxygen atoms in total. The molecule has 1 aliphatic rings. The number of aryl methyl sites for hydroxylation is 1. The molecule has 2 unspecified atom stereocenters. The number of aromatic nitrogens is 1. The van der Waals surface area contributed by atoms with Crippen LogP contribution in [0.15, 0.2) is 72.9 Å². The summed E-state index contributed by atoms with van der Waals surface area (Å²) in [6.45, 7) is 1.75. The fraction of sp³-hybridized carbons (Fsp3) is 0.214. The smallest absolute Gasteiger partial charge is 0.255 e. The SMILES string of the molecule is COc1ccc(OC)c(NC(=O)C(C)N2C(=O)c3ccccc3C2c2cn(C)c3ccccc23)c1. The molecule has 5 rings (SSSR count). The number of nitrogens with zero attached hydrogens (tertiary/aromatic N) is 2. The molecule has 35 heavy (non-hydrogen) atoms. The van der Waals surface area contributed by atoms with Crippen molar-refractivity contribution in [1.82, 2.24) is 9.47 Å². The van der Waals surface area contributed by atoms with Crippen molar-refractivity contribution in [1.29, 1.82) is 0 Å². The number of rotatable bonds is 6. The standard InChI is InChI=1S/C28H27N3O4/c1-17(27(32)29-23-15-18(34-3)13-14-25(23)35-4)31-26(20-10-5-6-11-21(20)28(31)33)22-16-30(2)24-12-8-7-9-19(22)24/h5-17,26H,1-4H3,(H,29,32). The lowest BCUT2D eigenvalue weighted by molar-refractivity contribution is -0.120. The van der Waals surface area contributed by atoms with Crippen molar-refractivity contribution in [2.45, 2.75) is 19.0 Å². The molecule has 2 atom stereocenters. The van der Waals surface area contributed by atoms with Crippen LogP contribution in [0.25, 0.3) is 10.9 Å². The van der Waals surface area contributed by atoms with E-state index in [1.165, 1.54) is 7.11 Å². The Morgan fingerprint density at radius 1 is 0.971 bits per heavy atom. The Morgan fingerprint density at radius 3 is 2.49 bits per heavy atom. The van der Waals surface area contributed by atoms with E-state index in [-0.39, 0.29) is 11.8 Å². The van der Waals surface area contributed by atoms with Gasteiger partial charge >= 0.3 is 0 Å². The summed E-state index contributed by atoms with van der Waals surface area (Å²) in [7, 11) is 5.09. The Morgan fingerprint density at radius 2 is 1.71 bits per heavy atom. The number of carbonyl (C=O) groups is 2. The van der Waals surface area contributed by atoms with Crippen molar-refractivity contribution in [3.05, 3.63) is 89.6 Å². The Hall–Kier alpha value is -4.26. The minimum absolute atomic E-state index is 0.168. The van der Waals surface area contributed by atoms with Gasteiger partial charge in [0.2, 0.25) is 5.91 Å². The molecule has 0 saturated heterocycles. The normalized spacial score (nSPS) is 15.7. The average molecular weight is 470 g/mol. The number of nitrogens with one attached hydrogen (secondary N) is 1. The zero-order chi connectivity index (χ0) is 24.7. The number of methoxy groups -OCH3 is 2. The molecular weight excluding hydrogens is 442 g/mol. The highest BCUT2D eigenvalue weighted by Gasteiger charge is 2.43. The monoisotopic (exact) mass is 469 g/mol. The Balaban J connectivity index is 1.56. The van der Waals surface area contributed by atoms with E-state index in [0.29, 0.717) is 22.7 Å². The van der Waals surface area contributed by atoms with E-state index in [4.69, 9.17) is 9.47 Å². The number of amides is 2. The van der Waals surface area contributed by atoms with Crippen LogP contribution in [0.5, 0.6) is 11.5 Å². The minimum atomic E-state index is -0.755. The van der Waals surface area contributed by atoms with Gasteiger partial charge in [0, 0.05) is 41.3 Å². The lowest BCUT2D eigenvalue weighted by atomic mass is 9.97. The van der Waals surface area contributed by atoms with Gasteiger partial charge in [-0.1, -0.05) is 36.4 Å². The van der Waals surface area contributed by atoms with Crippen LogP contribution in [0.2, 0.25) is 0 Å². The summed E-state index contributed by atoms with van der Waals surface area (Å²) < 4.78 is 12.8. The number of hydrogen-bond donors (Lipinski definition) is 1. The maximum Gasteiger partial charge on any atom is 0.255 e. The molecule has 0 fully saturated rings. The van der Waals surface area contributed by atoms with Crippen LogP contribution >= 0.6 is 0 Å². The van der Waals surface area contributed by atoms with Gasteiger partial charge in [0.1, 0.15) is 17.5 Å². The van der Waals surface area contributed by atoms with E-state index >= 15 is 0 Å². The third kappa shape index (κ3) is 3.69. The fourth-order valence-electron chi connectivity index (χ4n) is 4.92. The Kier molecular flexibility index (Phi) is 5.68. The number of ether oxygens (including phenoxy) is 2. The van der Waals surface area contributed by atoms with E-state index in [1.807, 2.05) is 49.6 Å². The van der Waals surface area contributed by atoms with Crippen LogP contribution in [-0.2, 0) is 11.8 Å². The summed E-state index contributed by atoms with van der Waals surface area (Å²) in [5, 5.41) is 3.98. The van der Waals surface area contributed by atoms with Crippen molar-refractivity contribution >= 4 is 28.4 Å². The highest BCUT2D eigenvalue weighted by molar-refractivity contribution is 6.05. The number of carbonyl (C=O) groups excluding carboxylic acids is 2. The van der Waals surface area contributed by atoms with Gasteiger partial charge in [0.05, 0.1) is 25.9 Å². The highest BCUT2D eigenvalue weighted by Crippen LogP contribution is 2.43.